The molecule has 1 N–H and O–H groups in total. The number of hydrogen-bond acceptors (Lipinski definition) is 5. The van der Waals surface area contributed by atoms with Crippen molar-refractivity contribution in [1.29, 1.82) is 0 Å². The SMILES string of the molecule is CCCCOc1ccc(-n2ccn(C3CCC(N4CCN(CCO)CC4)CC3)c2=O)cc1. The van der Waals surface area contributed by atoms with Crippen LogP contribution < -0.4 is 10.4 Å². The van der Waals surface area contributed by atoms with E-state index in [1.165, 1.54) is 0 Å². The predicted molar refractivity (Wildman–Crippen MR) is 127 cm³/mol. The van der Waals surface area contributed by atoms with E-state index in [-0.39, 0.29) is 18.3 Å². The van der Waals surface area contributed by atoms with Gasteiger partial charge in [-0.2, -0.15) is 0 Å². The van der Waals surface area contributed by atoms with Crippen LogP contribution >= 0.6 is 0 Å². The van der Waals surface area contributed by atoms with E-state index < -0.39 is 0 Å². The molecule has 1 aliphatic carbocycles. The van der Waals surface area contributed by atoms with Crippen LogP contribution in [0.4, 0.5) is 0 Å². The van der Waals surface area contributed by atoms with Crippen molar-refractivity contribution >= 4 is 0 Å². The van der Waals surface area contributed by atoms with Crippen LogP contribution in [0, 0.1) is 0 Å². The second kappa shape index (κ2) is 11.2. The fourth-order valence-electron chi connectivity index (χ4n) is 5.10. The summed E-state index contributed by atoms with van der Waals surface area (Å²) in [6.07, 6.45) is 10.4. The highest BCUT2D eigenvalue weighted by Crippen LogP contribution is 2.31. The van der Waals surface area contributed by atoms with Gasteiger partial charge in [-0.15, -0.1) is 0 Å². The van der Waals surface area contributed by atoms with E-state index in [0.717, 1.165) is 89.3 Å². The van der Waals surface area contributed by atoms with Crippen LogP contribution in [-0.4, -0.2) is 76.0 Å². The molecule has 0 amide bonds. The fraction of sp³-hybridized carbons (Fsp3) is 0.640. The monoisotopic (exact) mass is 442 g/mol. The Hall–Kier alpha value is -2.09. The molecule has 0 bridgehead atoms. The van der Waals surface area contributed by atoms with Crippen molar-refractivity contribution in [1.82, 2.24) is 18.9 Å². The topological polar surface area (TPSA) is 62.9 Å². The van der Waals surface area contributed by atoms with Crippen molar-refractivity contribution in [3.8, 4) is 11.4 Å². The number of piperazine rings is 1. The Morgan fingerprint density at radius 1 is 0.969 bits per heavy atom. The Balaban J connectivity index is 1.32. The summed E-state index contributed by atoms with van der Waals surface area (Å²) in [4.78, 5) is 18.1. The zero-order valence-electron chi connectivity index (χ0n) is 19.4. The molecule has 0 radical (unpaired) electrons. The van der Waals surface area contributed by atoms with Crippen molar-refractivity contribution < 1.29 is 9.84 Å². The summed E-state index contributed by atoms with van der Waals surface area (Å²) >= 11 is 0. The third-order valence-corrected chi connectivity index (χ3v) is 7.08. The Labute approximate surface area is 191 Å². The number of rotatable bonds is 9. The van der Waals surface area contributed by atoms with Gasteiger partial charge in [0.1, 0.15) is 5.75 Å². The van der Waals surface area contributed by atoms with Crippen LogP contribution in [0.15, 0.2) is 41.5 Å². The van der Waals surface area contributed by atoms with Gasteiger partial charge >= 0.3 is 5.69 Å². The first-order chi connectivity index (χ1) is 15.7. The summed E-state index contributed by atoms with van der Waals surface area (Å²) in [5, 5.41) is 9.13. The molecule has 176 valence electrons. The summed E-state index contributed by atoms with van der Waals surface area (Å²) in [7, 11) is 0. The molecule has 1 saturated carbocycles. The number of ether oxygens (including phenoxy) is 1. The molecule has 0 atom stereocenters. The molecular formula is C25H38N4O3. The number of aromatic nitrogens is 2. The molecule has 2 heterocycles. The molecule has 2 aromatic rings. The lowest BCUT2D eigenvalue weighted by Crippen LogP contribution is -2.51. The second-order valence-electron chi connectivity index (χ2n) is 9.12. The van der Waals surface area contributed by atoms with E-state index in [0.29, 0.717) is 6.04 Å². The molecule has 32 heavy (non-hydrogen) atoms. The number of aliphatic hydroxyl groups excluding tert-OH is 1. The minimum absolute atomic E-state index is 0.0470. The Morgan fingerprint density at radius 2 is 1.66 bits per heavy atom. The Kier molecular flexibility index (Phi) is 8.05. The van der Waals surface area contributed by atoms with Gasteiger partial charge in [-0.3, -0.25) is 18.9 Å². The van der Waals surface area contributed by atoms with E-state index in [1.807, 2.05) is 41.2 Å². The smallest absolute Gasteiger partial charge is 0.332 e. The molecule has 7 heteroatoms. The lowest BCUT2D eigenvalue weighted by molar-refractivity contribution is 0.0632. The minimum atomic E-state index is 0.0470. The minimum Gasteiger partial charge on any atom is -0.494 e. The molecule has 0 spiro atoms. The highest BCUT2D eigenvalue weighted by molar-refractivity contribution is 5.37. The number of unbranched alkanes of at least 4 members (excludes halogenated alkanes) is 1. The Morgan fingerprint density at radius 3 is 2.31 bits per heavy atom. The van der Waals surface area contributed by atoms with Crippen molar-refractivity contribution in [3.63, 3.8) is 0 Å². The molecule has 1 aliphatic heterocycles. The average Bonchev–Trinajstić information content (AvgIpc) is 3.22. The van der Waals surface area contributed by atoms with Crippen molar-refractivity contribution in [2.45, 2.75) is 57.5 Å². The number of aliphatic hydroxyl groups is 1. The normalized spacial score (nSPS) is 22.8. The summed E-state index contributed by atoms with van der Waals surface area (Å²) in [5.41, 5.74) is 0.928. The molecular weight excluding hydrogens is 404 g/mol. The Bertz CT molecular complexity index is 875. The van der Waals surface area contributed by atoms with Crippen LogP contribution in [0.2, 0.25) is 0 Å². The summed E-state index contributed by atoms with van der Waals surface area (Å²) in [6, 6.07) is 8.72. The molecule has 1 aromatic heterocycles. The van der Waals surface area contributed by atoms with Gasteiger partial charge in [0.15, 0.2) is 0 Å². The van der Waals surface area contributed by atoms with Gasteiger partial charge in [0.05, 0.1) is 18.9 Å². The first-order valence-electron chi connectivity index (χ1n) is 12.3. The third kappa shape index (κ3) is 5.45. The molecule has 0 unspecified atom stereocenters. The van der Waals surface area contributed by atoms with E-state index in [4.69, 9.17) is 9.84 Å². The van der Waals surface area contributed by atoms with Crippen LogP contribution in [0.3, 0.4) is 0 Å². The average molecular weight is 443 g/mol. The number of β-amino-alcohol motifs (C(OH)–C–C–N with tert-alkyl or cyclic N) is 1. The molecule has 2 aliphatic rings. The summed E-state index contributed by atoms with van der Waals surface area (Å²) < 4.78 is 9.41. The molecule has 2 fully saturated rings. The fourth-order valence-corrected chi connectivity index (χ4v) is 5.10. The second-order valence-corrected chi connectivity index (χ2v) is 9.12. The van der Waals surface area contributed by atoms with Gasteiger partial charge in [-0.05, 0) is 56.4 Å². The highest BCUT2D eigenvalue weighted by atomic mass is 16.5. The van der Waals surface area contributed by atoms with Crippen molar-refractivity contribution in [2.24, 2.45) is 0 Å². The lowest BCUT2D eigenvalue weighted by atomic mass is 9.89. The van der Waals surface area contributed by atoms with E-state index in [2.05, 4.69) is 16.7 Å². The quantitative estimate of drug-likeness (QED) is 0.605. The van der Waals surface area contributed by atoms with Gasteiger partial charge in [0.25, 0.3) is 0 Å². The first kappa shape index (κ1) is 23.1. The molecule has 4 rings (SSSR count). The maximum Gasteiger partial charge on any atom is 0.332 e. The maximum atomic E-state index is 13.1. The lowest BCUT2D eigenvalue weighted by Gasteiger charge is -2.42. The van der Waals surface area contributed by atoms with Gasteiger partial charge < -0.3 is 9.84 Å². The van der Waals surface area contributed by atoms with E-state index >= 15 is 0 Å². The van der Waals surface area contributed by atoms with Gasteiger partial charge in [0, 0.05) is 57.2 Å². The van der Waals surface area contributed by atoms with Crippen molar-refractivity contribution in [2.75, 3.05) is 45.9 Å². The number of benzene rings is 1. The molecule has 1 saturated heterocycles. The van der Waals surface area contributed by atoms with Crippen LogP contribution in [0.5, 0.6) is 5.75 Å². The first-order valence-corrected chi connectivity index (χ1v) is 12.3. The van der Waals surface area contributed by atoms with Crippen LogP contribution in [0.25, 0.3) is 5.69 Å². The summed E-state index contributed by atoms with van der Waals surface area (Å²) in [5.74, 6) is 0.852. The van der Waals surface area contributed by atoms with Gasteiger partial charge in [-0.25, -0.2) is 4.79 Å². The predicted octanol–water partition coefficient (Wildman–Crippen LogP) is 2.91. The van der Waals surface area contributed by atoms with Crippen LogP contribution in [-0.2, 0) is 0 Å². The zero-order valence-corrected chi connectivity index (χ0v) is 19.4. The van der Waals surface area contributed by atoms with Crippen molar-refractivity contribution in [3.05, 3.63) is 47.1 Å². The standard InChI is InChI=1S/C25H38N4O3/c1-2-3-20-32-24-10-8-23(9-11-24)29-17-16-28(25(29)31)22-6-4-21(5-7-22)27-14-12-26(13-15-27)18-19-30/h8-11,16-17,21-22,30H,2-7,12-15,18-20H2,1H3. The molecule has 1 aromatic carbocycles. The summed E-state index contributed by atoms with van der Waals surface area (Å²) in [6.45, 7) is 8.18. The van der Waals surface area contributed by atoms with E-state index in [1.54, 1.807) is 4.57 Å². The van der Waals surface area contributed by atoms with E-state index in [9.17, 15) is 4.79 Å². The third-order valence-electron chi connectivity index (χ3n) is 7.08. The highest BCUT2D eigenvalue weighted by Gasteiger charge is 2.29. The largest absolute Gasteiger partial charge is 0.494 e. The zero-order chi connectivity index (χ0) is 22.3. The van der Waals surface area contributed by atoms with Crippen LogP contribution in [0.1, 0.15) is 51.5 Å². The number of imidazole rings is 1. The van der Waals surface area contributed by atoms with Gasteiger partial charge in [-0.1, -0.05) is 13.3 Å². The number of nitrogens with zero attached hydrogens (tertiary/aromatic N) is 4. The molecule has 7 nitrogen and oxygen atoms in total. The maximum absolute atomic E-state index is 13.1. The number of hydrogen-bond donors (Lipinski definition) is 1. The van der Waals surface area contributed by atoms with Gasteiger partial charge in [0.2, 0.25) is 0 Å².